The predicted molar refractivity (Wildman–Crippen MR) is 58.3 cm³/mol. The van der Waals surface area contributed by atoms with Crippen LogP contribution in [0.15, 0.2) is 12.1 Å². The summed E-state index contributed by atoms with van der Waals surface area (Å²) in [6.45, 7) is 4.13. The second-order valence-corrected chi connectivity index (χ2v) is 3.50. The van der Waals surface area contributed by atoms with Gasteiger partial charge in [-0.1, -0.05) is 6.07 Å². The Labute approximate surface area is 89.7 Å². The molecular formula is C12H16O3. The average Bonchev–Trinajstić information content (AvgIpc) is 2.21. The van der Waals surface area contributed by atoms with Crippen LogP contribution in [0.1, 0.15) is 16.7 Å². The molecule has 1 rings (SSSR count). The van der Waals surface area contributed by atoms with Gasteiger partial charge in [-0.2, -0.15) is 0 Å². The van der Waals surface area contributed by atoms with E-state index >= 15 is 0 Å². The van der Waals surface area contributed by atoms with E-state index in [9.17, 15) is 4.79 Å². The highest BCUT2D eigenvalue weighted by Gasteiger charge is 2.04. The lowest BCUT2D eigenvalue weighted by molar-refractivity contribution is -0.109. The summed E-state index contributed by atoms with van der Waals surface area (Å²) < 4.78 is 5.27. The van der Waals surface area contributed by atoms with E-state index in [1.807, 2.05) is 26.0 Å². The molecule has 0 aliphatic carbocycles. The van der Waals surface area contributed by atoms with Crippen molar-refractivity contribution in [3.63, 3.8) is 0 Å². The molecule has 0 saturated heterocycles. The minimum Gasteiger partial charge on any atom is -0.486 e. The molecule has 0 amide bonds. The second kappa shape index (κ2) is 5.51. The van der Waals surface area contributed by atoms with Crippen molar-refractivity contribution in [2.45, 2.75) is 20.3 Å². The van der Waals surface area contributed by atoms with E-state index in [4.69, 9.17) is 9.84 Å². The Hall–Kier alpha value is -1.35. The summed E-state index contributed by atoms with van der Waals surface area (Å²) >= 11 is 0. The molecule has 3 nitrogen and oxygen atoms in total. The minimum atomic E-state index is 0.0830. The van der Waals surface area contributed by atoms with Gasteiger partial charge in [-0.05, 0) is 43.0 Å². The van der Waals surface area contributed by atoms with Gasteiger partial charge in [0.05, 0.1) is 0 Å². The van der Waals surface area contributed by atoms with Gasteiger partial charge in [0.1, 0.15) is 12.4 Å². The number of aliphatic hydroxyl groups excluding tert-OH is 1. The van der Waals surface area contributed by atoms with Crippen molar-refractivity contribution in [1.29, 1.82) is 0 Å². The molecule has 0 unspecified atom stereocenters. The number of hydrogen-bond acceptors (Lipinski definition) is 3. The number of aliphatic hydroxyl groups is 1. The largest absolute Gasteiger partial charge is 0.486 e. The van der Waals surface area contributed by atoms with Crippen LogP contribution in [0.25, 0.3) is 0 Å². The van der Waals surface area contributed by atoms with Crippen molar-refractivity contribution < 1.29 is 14.6 Å². The molecule has 1 aromatic rings. The van der Waals surface area contributed by atoms with Gasteiger partial charge in [0.15, 0.2) is 6.29 Å². The third-order valence-electron chi connectivity index (χ3n) is 2.32. The van der Waals surface area contributed by atoms with Gasteiger partial charge >= 0.3 is 0 Å². The van der Waals surface area contributed by atoms with Gasteiger partial charge in [-0.25, -0.2) is 0 Å². The van der Waals surface area contributed by atoms with Gasteiger partial charge in [-0.3, -0.25) is 4.79 Å². The van der Waals surface area contributed by atoms with Crippen molar-refractivity contribution in [2.24, 2.45) is 0 Å². The maximum absolute atomic E-state index is 10.2. The Kier molecular flexibility index (Phi) is 4.31. The molecule has 82 valence electrons. The molecule has 0 radical (unpaired) electrons. The number of rotatable bonds is 5. The number of aryl methyl sites for hydroxylation is 2. The Morgan fingerprint density at radius 3 is 2.67 bits per heavy atom. The lowest BCUT2D eigenvalue weighted by Gasteiger charge is -2.11. The molecule has 3 heteroatoms. The summed E-state index contributed by atoms with van der Waals surface area (Å²) in [5, 5.41) is 8.87. The Morgan fingerprint density at radius 2 is 2.07 bits per heavy atom. The van der Waals surface area contributed by atoms with Crippen molar-refractivity contribution in [1.82, 2.24) is 0 Å². The molecule has 0 saturated carbocycles. The van der Waals surface area contributed by atoms with Crippen LogP contribution in [0.5, 0.6) is 5.75 Å². The zero-order valence-corrected chi connectivity index (χ0v) is 9.12. The molecule has 0 aromatic heterocycles. The lowest BCUT2D eigenvalue weighted by Crippen LogP contribution is -2.02. The van der Waals surface area contributed by atoms with Crippen LogP contribution in [0, 0.1) is 13.8 Å². The summed E-state index contributed by atoms with van der Waals surface area (Å²) in [6.07, 6.45) is 1.39. The summed E-state index contributed by atoms with van der Waals surface area (Å²) in [6, 6.07) is 3.90. The normalized spacial score (nSPS) is 10.1. The van der Waals surface area contributed by atoms with Crippen LogP contribution in [0.4, 0.5) is 0 Å². The molecule has 0 aliphatic heterocycles. The predicted octanol–water partition coefficient (Wildman–Crippen LogP) is 1.42. The van der Waals surface area contributed by atoms with E-state index in [1.54, 1.807) is 0 Å². The highest BCUT2D eigenvalue weighted by Crippen LogP contribution is 2.22. The zero-order valence-electron chi connectivity index (χ0n) is 9.12. The van der Waals surface area contributed by atoms with E-state index in [-0.39, 0.29) is 13.2 Å². The molecule has 0 atom stereocenters. The van der Waals surface area contributed by atoms with Crippen LogP contribution in [0.2, 0.25) is 0 Å². The van der Waals surface area contributed by atoms with Crippen LogP contribution in [-0.2, 0) is 11.2 Å². The van der Waals surface area contributed by atoms with Gasteiger partial charge < -0.3 is 9.84 Å². The van der Waals surface area contributed by atoms with E-state index in [2.05, 4.69) is 0 Å². The number of hydrogen-bond donors (Lipinski definition) is 1. The minimum absolute atomic E-state index is 0.0830. The molecule has 1 N–H and O–H groups in total. The summed E-state index contributed by atoms with van der Waals surface area (Å²) in [4.78, 5) is 10.2. The SMILES string of the molecule is Cc1cc(OCC=O)c(C)cc1CCO. The molecule has 0 fully saturated rings. The topological polar surface area (TPSA) is 46.5 Å². The molecule has 0 aliphatic rings. The molecule has 0 bridgehead atoms. The number of aldehydes is 1. The molecular weight excluding hydrogens is 192 g/mol. The van der Waals surface area contributed by atoms with Crippen LogP contribution >= 0.6 is 0 Å². The zero-order chi connectivity index (χ0) is 11.3. The summed E-state index contributed by atoms with van der Waals surface area (Å²) in [7, 11) is 0. The van der Waals surface area contributed by atoms with Gasteiger partial charge in [0, 0.05) is 6.61 Å². The number of ether oxygens (including phenoxy) is 1. The molecule has 0 heterocycles. The van der Waals surface area contributed by atoms with Gasteiger partial charge in [0.25, 0.3) is 0 Å². The van der Waals surface area contributed by atoms with Crippen LogP contribution < -0.4 is 4.74 Å². The standard InChI is InChI=1S/C12H16O3/c1-9-8-12(15-6-5-14)10(2)7-11(9)3-4-13/h5,7-8,13H,3-4,6H2,1-2H3. The summed E-state index contributed by atoms with van der Waals surface area (Å²) in [5.41, 5.74) is 3.19. The monoisotopic (exact) mass is 208 g/mol. The fourth-order valence-corrected chi connectivity index (χ4v) is 1.52. The number of carbonyl (C=O) groups excluding carboxylic acids is 1. The average molecular weight is 208 g/mol. The first-order chi connectivity index (χ1) is 7.19. The second-order valence-electron chi connectivity index (χ2n) is 3.50. The number of benzene rings is 1. The number of carbonyl (C=O) groups is 1. The Balaban J connectivity index is 2.91. The molecule has 15 heavy (non-hydrogen) atoms. The fourth-order valence-electron chi connectivity index (χ4n) is 1.52. The van der Waals surface area contributed by atoms with Crippen molar-refractivity contribution in [3.05, 3.63) is 28.8 Å². The smallest absolute Gasteiger partial charge is 0.157 e. The van der Waals surface area contributed by atoms with E-state index < -0.39 is 0 Å². The van der Waals surface area contributed by atoms with Gasteiger partial charge in [-0.15, -0.1) is 0 Å². The Bertz CT molecular complexity index is 345. The molecule has 1 aromatic carbocycles. The molecule has 0 spiro atoms. The van der Waals surface area contributed by atoms with E-state index in [0.717, 1.165) is 28.7 Å². The first-order valence-corrected chi connectivity index (χ1v) is 4.96. The van der Waals surface area contributed by atoms with Crippen LogP contribution in [-0.4, -0.2) is 24.6 Å². The Morgan fingerprint density at radius 1 is 1.33 bits per heavy atom. The highest BCUT2D eigenvalue weighted by molar-refractivity contribution is 5.52. The third kappa shape index (κ3) is 3.06. The maximum Gasteiger partial charge on any atom is 0.157 e. The maximum atomic E-state index is 10.2. The van der Waals surface area contributed by atoms with Crippen molar-refractivity contribution in [3.8, 4) is 5.75 Å². The fraction of sp³-hybridized carbons (Fsp3) is 0.417. The van der Waals surface area contributed by atoms with Crippen molar-refractivity contribution in [2.75, 3.05) is 13.2 Å². The quantitative estimate of drug-likeness (QED) is 0.744. The lowest BCUT2D eigenvalue weighted by atomic mass is 10.0. The van der Waals surface area contributed by atoms with Gasteiger partial charge in [0.2, 0.25) is 0 Å². The summed E-state index contributed by atoms with van der Waals surface area (Å²) in [5.74, 6) is 0.737. The third-order valence-corrected chi connectivity index (χ3v) is 2.32. The first kappa shape index (κ1) is 11.7. The van der Waals surface area contributed by atoms with E-state index in [0.29, 0.717) is 6.42 Å². The van der Waals surface area contributed by atoms with E-state index in [1.165, 1.54) is 0 Å². The highest BCUT2D eigenvalue weighted by atomic mass is 16.5. The van der Waals surface area contributed by atoms with Crippen LogP contribution in [0.3, 0.4) is 0 Å². The first-order valence-electron chi connectivity index (χ1n) is 4.96. The van der Waals surface area contributed by atoms with Crippen molar-refractivity contribution >= 4 is 6.29 Å².